The maximum Gasteiger partial charge on any atom is 0.416 e. The molecule has 0 radical (unpaired) electrons. The van der Waals surface area contributed by atoms with Crippen LogP contribution in [0.3, 0.4) is 0 Å². The lowest BCUT2D eigenvalue weighted by Gasteiger charge is -2.13. The van der Waals surface area contributed by atoms with Gasteiger partial charge >= 0.3 is 6.18 Å². The Balaban J connectivity index is 2.39. The number of nitrogens with one attached hydrogen (secondary N) is 1. The molecule has 2 aromatic rings. The first-order valence-corrected chi connectivity index (χ1v) is 6.07. The first-order valence-electron chi connectivity index (χ1n) is 6.07. The Bertz CT molecular complexity index is 681. The van der Waals surface area contributed by atoms with Crippen molar-refractivity contribution in [2.24, 2.45) is 5.73 Å². The fourth-order valence-corrected chi connectivity index (χ4v) is 1.80. The van der Waals surface area contributed by atoms with Gasteiger partial charge in [-0.3, -0.25) is 5.41 Å². The van der Waals surface area contributed by atoms with Gasteiger partial charge in [0.05, 0.1) is 11.1 Å². The normalized spacial score (nSPS) is 11.2. The van der Waals surface area contributed by atoms with Gasteiger partial charge in [0.1, 0.15) is 17.3 Å². The molecule has 0 unspecified atom stereocenters. The highest BCUT2D eigenvalue weighted by molar-refractivity contribution is 5.97. The van der Waals surface area contributed by atoms with E-state index in [2.05, 4.69) is 0 Å². The number of hydrogen-bond donors (Lipinski definition) is 2. The summed E-state index contributed by atoms with van der Waals surface area (Å²) in [6, 6.07) is 9.53. The number of ether oxygens (including phenoxy) is 1. The SMILES string of the molecule is Cc1ccc(C(=N)N)c(Oc2cccc(C(F)(F)F)c2)c1. The Morgan fingerprint density at radius 1 is 1.14 bits per heavy atom. The molecule has 0 amide bonds. The average molecular weight is 294 g/mol. The molecule has 0 bridgehead atoms. The Hall–Kier alpha value is -2.50. The molecule has 0 aliphatic carbocycles. The van der Waals surface area contributed by atoms with Crippen molar-refractivity contribution < 1.29 is 17.9 Å². The summed E-state index contributed by atoms with van der Waals surface area (Å²) in [5.74, 6) is 0.0803. The maximum atomic E-state index is 12.7. The van der Waals surface area contributed by atoms with E-state index in [1.165, 1.54) is 12.1 Å². The van der Waals surface area contributed by atoms with E-state index in [4.69, 9.17) is 15.9 Å². The van der Waals surface area contributed by atoms with Crippen LogP contribution in [0.1, 0.15) is 16.7 Å². The number of nitrogen functional groups attached to an aromatic ring is 1. The van der Waals surface area contributed by atoms with Gasteiger partial charge in [0.25, 0.3) is 0 Å². The molecule has 0 spiro atoms. The Labute approximate surface area is 119 Å². The van der Waals surface area contributed by atoms with Gasteiger partial charge in [-0.2, -0.15) is 13.2 Å². The summed E-state index contributed by atoms with van der Waals surface area (Å²) in [6.07, 6.45) is -4.44. The van der Waals surface area contributed by atoms with E-state index in [0.717, 1.165) is 17.7 Å². The van der Waals surface area contributed by atoms with Gasteiger partial charge in [0.15, 0.2) is 0 Å². The number of benzene rings is 2. The Morgan fingerprint density at radius 2 is 1.86 bits per heavy atom. The topological polar surface area (TPSA) is 59.1 Å². The van der Waals surface area contributed by atoms with E-state index in [-0.39, 0.29) is 17.3 Å². The minimum atomic E-state index is -4.44. The summed E-state index contributed by atoms with van der Waals surface area (Å²) < 4.78 is 43.5. The second-order valence-corrected chi connectivity index (χ2v) is 4.54. The van der Waals surface area contributed by atoms with E-state index in [0.29, 0.717) is 5.56 Å². The summed E-state index contributed by atoms with van der Waals surface area (Å²) in [5, 5.41) is 7.47. The highest BCUT2D eigenvalue weighted by atomic mass is 19.4. The van der Waals surface area contributed by atoms with Crippen molar-refractivity contribution in [3.8, 4) is 11.5 Å². The van der Waals surface area contributed by atoms with E-state index in [9.17, 15) is 13.2 Å². The molecule has 0 fully saturated rings. The number of rotatable bonds is 3. The molecule has 0 aromatic heterocycles. The molecule has 2 aromatic carbocycles. The predicted molar refractivity (Wildman–Crippen MR) is 73.7 cm³/mol. The molecule has 2 rings (SSSR count). The van der Waals surface area contributed by atoms with Crippen LogP contribution < -0.4 is 10.5 Å². The Morgan fingerprint density at radius 3 is 2.48 bits per heavy atom. The van der Waals surface area contributed by atoms with Crippen molar-refractivity contribution in [1.82, 2.24) is 0 Å². The van der Waals surface area contributed by atoms with Crippen molar-refractivity contribution >= 4 is 5.84 Å². The summed E-state index contributed by atoms with van der Waals surface area (Å²) in [7, 11) is 0. The number of hydrogen-bond acceptors (Lipinski definition) is 2. The van der Waals surface area contributed by atoms with Crippen LogP contribution in [-0.4, -0.2) is 5.84 Å². The fourth-order valence-electron chi connectivity index (χ4n) is 1.80. The average Bonchev–Trinajstić information content (AvgIpc) is 2.37. The van der Waals surface area contributed by atoms with Crippen LogP contribution in [0.4, 0.5) is 13.2 Å². The first-order chi connectivity index (χ1) is 9.77. The molecule has 0 aliphatic rings. The second-order valence-electron chi connectivity index (χ2n) is 4.54. The van der Waals surface area contributed by atoms with Crippen LogP contribution in [0.15, 0.2) is 42.5 Å². The summed E-state index contributed by atoms with van der Waals surface area (Å²) >= 11 is 0. The van der Waals surface area contributed by atoms with Crippen LogP contribution >= 0.6 is 0 Å². The number of alkyl halides is 3. The van der Waals surface area contributed by atoms with Crippen molar-refractivity contribution in [1.29, 1.82) is 5.41 Å². The number of amidine groups is 1. The standard InChI is InChI=1S/C15H13F3N2O/c1-9-5-6-12(14(19)20)13(7-9)21-11-4-2-3-10(8-11)15(16,17)18/h2-8H,1H3,(H3,19,20). The molecule has 0 saturated carbocycles. The number of aryl methyl sites for hydroxylation is 1. The zero-order chi connectivity index (χ0) is 15.6. The monoisotopic (exact) mass is 294 g/mol. The zero-order valence-electron chi connectivity index (χ0n) is 11.2. The molecule has 0 saturated heterocycles. The lowest BCUT2D eigenvalue weighted by Crippen LogP contribution is -2.12. The molecule has 21 heavy (non-hydrogen) atoms. The van der Waals surface area contributed by atoms with Gasteiger partial charge in [-0.1, -0.05) is 12.1 Å². The van der Waals surface area contributed by atoms with Crippen molar-refractivity contribution in [2.75, 3.05) is 0 Å². The van der Waals surface area contributed by atoms with E-state index >= 15 is 0 Å². The van der Waals surface area contributed by atoms with Gasteiger partial charge in [0, 0.05) is 0 Å². The summed E-state index contributed by atoms with van der Waals surface area (Å²) in [5.41, 5.74) is 5.83. The highest BCUT2D eigenvalue weighted by Crippen LogP contribution is 2.33. The van der Waals surface area contributed by atoms with Gasteiger partial charge in [0.2, 0.25) is 0 Å². The number of nitrogens with two attached hydrogens (primary N) is 1. The third-order valence-corrected chi connectivity index (χ3v) is 2.82. The molecular formula is C15H13F3N2O. The first kappa shape index (κ1) is 14.9. The lowest BCUT2D eigenvalue weighted by atomic mass is 10.1. The smallest absolute Gasteiger partial charge is 0.416 e. The minimum absolute atomic E-state index is 0.0397. The molecule has 0 aliphatic heterocycles. The second kappa shape index (κ2) is 5.47. The Kier molecular flexibility index (Phi) is 3.88. The molecule has 3 N–H and O–H groups in total. The molecule has 0 heterocycles. The quantitative estimate of drug-likeness (QED) is 0.661. The zero-order valence-corrected chi connectivity index (χ0v) is 11.2. The largest absolute Gasteiger partial charge is 0.457 e. The van der Waals surface area contributed by atoms with Crippen LogP contribution in [0.25, 0.3) is 0 Å². The van der Waals surface area contributed by atoms with E-state index in [1.807, 2.05) is 6.92 Å². The van der Waals surface area contributed by atoms with Crippen molar-refractivity contribution in [2.45, 2.75) is 13.1 Å². The highest BCUT2D eigenvalue weighted by Gasteiger charge is 2.30. The molecule has 0 atom stereocenters. The van der Waals surface area contributed by atoms with Gasteiger partial charge < -0.3 is 10.5 Å². The summed E-state index contributed by atoms with van der Waals surface area (Å²) in [6.45, 7) is 1.81. The fraction of sp³-hybridized carbons (Fsp3) is 0.133. The lowest BCUT2D eigenvalue weighted by molar-refractivity contribution is -0.137. The van der Waals surface area contributed by atoms with Gasteiger partial charge in [-0.25, -0.2) is 0 Å². The molecular weight excluding hydrogens is 281 g/mol. The molecule has 110 valence electrons. The van der Waals surface area contributed by atoms with Crippen LogP contribution in [0.2, 0.25) is 0 Å². The van der Waals surface area contributed by atoms with E-state index in [1.54, 1.807) is 18.2 Å². The third-order valence-electron chi connectivity index (χ3n) is 2.82. The number of halogens is 3. The molecule has 3 nitrogen and oxygen atoms in total. The van der Waals surface area contributed by atoms with Crippen LogP contribution in [-0.2, 0) is 6.18 Å². The van der Waals surface area contributed by atoms with Crippen LogP contribution in [0.5, 0.6) is 11.5 Å². The minimum Gasteiger partial charge on any atom is -0.457 e. The van der Waals surface area contributed by atoms with Crippen molar-refractivity contribution in [3.05, 3.63) is 59.2 Å². The van der Waals surface area contributed by atoms with Crippen LogP contribution in [0, 0.1) is 12.3 Å². The maximum absolute atomic E-state index is 12.7. The predicted octanol–water partition coefficient (Wildman–Crippen LogP) is 4.09. The summed E-state index contributed by atoms with van der Waals surface area (Å²) in [4.78, 5) is 0. The van der Waals surface area contributed by atoms with Crippen molar-refractivity contribution in [3.63, 3.8) is 0 Å². The third kappa shape index (κ3) is 3.53. The van der Waals surface area contributed by atoms with Gasteiger partial charge in [-0.05, 0) is 42.8 Å². The van der Waals surface area contributed by atoms with E-state index < -0.39 is 11.7 Å². The van der Waals surface area contributed by atoms with Gasteiger partial charge in [-0.15, -0.1) is 0 Å². The molecule has 6 heteroatoms.